The van der Waals surface area contributed by atoms with E-state index in [2.05, 4.69) is 27.0 Å². The third-order valence-electron chi connectivity index (χ3n) is 9.05. The average molecular weight is 556 g/mol. The Bertz CT molecular complexity index is 1740. The Hall–Kier alpha value is -3.82. The zero-order chi connectivity index (χ0) is 28.3. The van der Waals surface area contributed by atoms with Crippen molar-refractivity contribution in [1.29, 1.82) is 0 Å². The fourth-order valence-electron chi connectivity index (χ4n) is 6.73. The SMILES string of the molecule is COc1nnn(C)c1-c1cnc2c3ccc(C(C)(O)C4CC4)c(F)c3n(C(c3ccccc3)C3CCOCC3)c2c1. The van der Waals surface area contributed by atoms with Crippen LogP contribution in [0.15, 0.2) is 54.7 Å². The van der Waals surface area contributed by atoms with Gasteiger partial charge in [0.05, 0.1) is 35.3 Å². The van der Waals surface area contributed by atoms with E-state index in [1.54, 1.807) is 31.0 Å². The summed E-state index contributed by atoms with van der Waals surface area (Å²) in [6.07, 6.45) is 5.27. The van der Waals surface area contributed by atoms with Crippen molar-refractivity contribution in [1.82, 2.24) is 24.5 Å². The predicted molar refractivity (Wildman–Crippen MR) is 154 cm³/mol. The first-order chi connectivity index (χ1) is 19.9. The molecule has 2 unspecified atom stereocenters. The van der Waals surface area contributed by atoms with Gasteiger partial charge >= 0.3 is 0 Å². The number of benzene rings is 2. The maximum atomic E-state index is 17.0. The second-order valence-corrected chi connectivity index (χ2v) is 11.6. The molecule has 212 valence electrons. The molecule has 1 aliphatic heterocycles. The molecule has 1 saturated carbocycles. The molecule has 2 fully saturated rings. The van der Waals surface area contributed by atoms with E-state index in [4.69, 9.17) is 14.5 Å². The highest BCUT2D eigenvalue weighted by atomic mass is 19.1. The Kier molecular flexibility index (Phi) is 6.32. The summed E-state index contributed by atoms with van der Waals surface area (Å²) in [5.41, 5.74) is 3.65. The molecule has 3 aromatic heterocycles. The van der Waals surface area contributed by atoms with Gasteiger partial charge in [0.25, 0.3) is 5.88 Å². The second kappa shape index (κ2) is 9.92. The fourth-order valence-corrected chi connectivity index (χ4v) is 6.73. The van der Waals surface area contributed by atoms with Gasteiger partial charge in [0.1, 0.15) is 5.69 Å². The van der Waals surface area contributed by atoms with Crippen molar-refractivity contribution in [2.45, 2.75) is 44.2 Å². The van der Waals surface area contributed by atoms with Crippen LogP contribution in [-0.2, 0) is 17.4 Å². The number of nitrogens with zero attached hydrogens (tertiary/aromatic N) is 5. The molecule has 1 saturated heterocycles. The number of ether oxygens (including phenoxy) is 2. The van der Waals surface area contributed by atoms with Gasteiger partial charge in [-0.05, 0) is 56.1 Å². The molecule has 2 atom stereocenters. The summed E-state index contributed by atoms with van der Waals surface area (Å²) >= 11 is 0. The Morgan fingerprint density at radius 1 is 1.10 bits per heavy atom. The van der Waals surface area contributed by atoms with Crippen LogP contribution >= 0.6 is 0 Å². The lowest BCUT2D eigenvalue weighted by Crippen LogP contribution is -2.28. The summed E-state index contributed by atoms with van der Waals surface area (Å²) in [5, 5.41) is 20.5. The molecular weight excluding hydrogens is 521 g/mol. The number of aryl methyl sites for hydroxylation is 1. The lowest BCUT2D eigenvalue weighted by atomic mass is 9.86. The molecule has 7 rings (SSSR count). The Balaban J connectivity index is 1.56. The quantitative estimate of drug-likeness (QED) is 0.275. The first-order valence-electron chi connectivity index (χ1n) is 14.3. The van der Waals surface area contributed by atoms with E-state index in [1.165, 1.54) is 0 Å². The molecule has 0 bridgehead atoms. The number of hydrogen-bond donors (Lipinski definition) is 1. The van der Waals surface area contributed by atoms with Gasteiger partial charge in [-0.1, -0.05) is 52.8 Å². The number of hydrogen-bond acceptors (Lipinski definition) is 6. The van der Waals surface area contributed by atoms with E-state index in [0.29, 0.717) is 41.4 Å². The Morgan fingerprint density at radius 2 is 1.85 bits per heavy atom. The van der Waals surface area contributed by atoms with Gasteiger partial charge in [0, 0.05) is 43.0 Å². The topological polar surface area (TPSA) is 87.2 Å². The highest BCUT2D eigenvalue weighted by Crippen LogP contribution is 2.49. The summed E-state index contributed by atoms with van der Waals surface area (Å²) in [6, 6.07) is 15.8. The zero-order valence-electron chi connectivity index (χ0n) is 23.5. The van der Waals surface area contributed by atoms with E-state index in [0.717, 1.165) is 47.7 Å². The number of pyridine rings is 1. The number of fused-ring (bicyclic) bond motifs is 3. The first kappa shape index (κ1) is 26.1. The number of aromatic nitrogens is 5. The van der Waals surface area contributed by atoms with Crippen molar-refractivity contribution in [3.8, 4) is 17.1 Å². The number of rotatable bonds is 7. The minimum Gasteiger partial charge on any atom is -0.478 e. The molecule has 2 aromatic carbocycles. The van der Waals surface area contributed by atoms with Crippen molar-refractivity contribution in [2.75, 3.05) is 20.3 Å². The highest BCUT2D eigenvalue weighted by molar-refractivity contribution is 6.07. The largest absolute Gasteiger partial charge is 0.478 e. The molecule has 0 amide bonds. The van der Waals surface area contributed by atoms with E-state index >= 15 is 4.39 Å². The average Bonchev–Trinajstić information content (AvgIpc) is 3.73. The minimum absolute atomic E-state index is 0.0576. The third-order valence-corrected chi connectivity index (χ3v) is 9.05. The first-order valence-corrected chi connectivity index (χ1v) is 14.3. The van der Waals surface area contributed by atoms with Crippen LogP contribution in [0.5, 0.6) is 5.88 Å². The molecule has 9 heteroatoms. The summed E-state index contributed by atoms with van der Waals surface area (Å²) in [7, 11) is 3.38. The van der Waals surface area contributed by atoms with Crippen LogP contribution in [0.4, 0.5) is 4.39 Å². The summed E-state index contributed by atoms with van der Waals surface area (Å²) < 4.78 is 32.0. The van der Waals surface area contributed by atoms with Crippen LogP contribution < -0.4 is 4.74 Å². The van der Waals surface area contributed by atoms with Crippen LogP contribution in [0.3, 0.4) is 0 Å². The van der Waals surface area contributed by atoms with Gasteiger partial charge in [-0.3, -0.25) is 4.98 Å². The minimum atomic E-state index is -1.24. The van der Waals surface area contributed by atoms with Gasteiger partial charge in [-0.15, -0.1) is 0 Å². The predicted octanol–water partition coefficient (Wildman–Crippen LogP) is 5.77. The van der Waals surface area contributed by atoms with Crippen LogP contribution in [0.2, 0.25) is 0 Å². The monoisotopic (exact) mass is 555 g/mol. The van der Waals surface area contributed by atoms with E-state index < -0.39 is 5.60 Å². The molecule has 2 aliphatic rings. The van der Waals surface area contributed by atoms with Gasteiger partial charge in [0.2, 0.25) is 0 Å². The van der Waals surface area contributed by atoms with Crippen LogP contribution in [0.25, 0.3) is 33.2 Å². The molecular formula is C32H34FN5O3. The van der Waals surface area contributed by atoms with Crippen LogP contribution in [0, 0.1) is 17.7 Å². The lowest BCUT2D eigenvalue weighted by Gasteiger charge is -2.33. The van der Waals surface area contributed by atoms with Crippen LogP contribution in [-0.4, -0.2) is 50.0 Å². The molecule has 1 aliphatic carbocycles. The molecule has 5 aromatic rings. The van der Waals surface area contributed by atoms with Gasteiger partial charge in [0.15, 0.2) is 5.82 Å². The van der Waals surface area contributed by atoms with E-state index in [9.17, 15) is 5.11 Å². The highest BCUT2D eigenvalue weighted by Gasteiger charge is 2.44. The van der Waals surface area contributed by atoms with Crippen molar-refractivity contribution in [3.05, 3.63) is 71.7 Å². The van der Waals surface area contributed by atoms with Crippen molar-refractivity contribution in [2.24, 2.45) is 18.9 Å². The normalized spacial score (nSPS) is 18.6. The van der Waals surface area contributed by atoms with Crippen molar-refractivity contribution in [3.63, 3.8) is 0 Å². The zero-order valence-corrected chi connectivity index (χ0v) is 23.5. The Morgan fingerprint density at radius 3 is 2.56 bits per heavy atom. The van der Waals surface area contributed by atoms with E-state index in [-0.39, 0.29) is 23.7 Å². The standard InChI is InChI=1S/C32H34FN5O3/c1-32(39,22-9-10-22)24-12-11-23-27-25(17-21(18-34-27)29-31(40-3)35-36-37(29)2)38(30(23)26(24)33)28(19-7-5-4-6-8-19)20-13-15-41-16-14-20/h4-8,11-12,17-18,20,22,28,39H,9-10,13-16H2,1-3H3. The molecule has 41 heavy (non-hydrogen) atoms. The number of halogens is 1. The van der Waals surface area contributed by atoms with Gasteiger partial charge < -0.3 is 19.1 Å². The van der Waals surface area contributed by atoms with Crippen molar-refractivity contribution >= 4 is 21.9 Å². The summed E-state index contributed by atoms with van der Waals surface area (Å²) in [6.45, 7) is 3.07. The molecule has 8 nitrogen and oxygen atoms in total. The lowest BCUT2D eigenvalue weighted by molar-refractivity contribution is 0.0297. The molecule has 0 spiro atoms. The second-order valence-electron chi connectivity index (χ2n) is 11.6. The molecule has 0 radical (unpaired) electrons. The summed E-state index contributed by atoms with van der Waals surface area (Å²) in [5.74, 6) is 0.289. The van der Waals surface area contributed by atoms with Crippen molar-refractivity contribution < 1.29 is 19.0 Å². The maximum absolute atomic E-state index is 17.0. The van der Waals surface area contributed by atoms with Crippen LogP contribution in [0.1, 0.15) is 49.8 Å². The number of methoxy groups -OCH3 is 1. The maximum Gasteiger partial charge on any atom is 0.261 e. The Labute approximate surface area is 237 Å². The van der Waals surface area contributed by atoms with E-state index in [1.807, 2.05) is 37.4 Å². The fraction of sp³-hybridized carbons (Fsp3) is 0.406. The number of aliphatic hydroxyl groups is 1. The van der Waals surface area contributed by atoms with Gasteiger partial charge in [-0.2, -0.15) is 0 Å². The smallest absolute Gasteiger partial charge is 0.261 e. The molecule has 4 heterocycles. The third kappa shape index (κ3) is 4.21. The molecule has 1 N–H and O–H groups in total. The van der Waals surface area contributed by atoms with Gasteiger partial charge in [-0.25, -0.2) is 9.07 Å². The summed E-state index contributed by atoms with van der Waals surface area (Å²) in [4.78, 5) is 4.90.